The number of anilines is 1. The van der Waals surface area contributed by atoms with Gasteiger partial charge in [-0.25, -0.2) is 14.1 Å². The number of imide groups is 1. The van der Waals surface area contributed by atoms with Crippen LogP contribution in [-0.2, 0) is 23.9 Å². The molecular weight excluding hydrogens is 496 g/mol. The zero-order chi connectivity index (χ0) is 24.5. The second-order valence-electron chi connectivity index (χ2n) is 7.23. The first-order valence-electron chi connectivity index (χ1n) is 10.4. The van der Waals surface area contributed by atoms with Crippen LogP contribution in [-0.4, -0.2) is 47.1 Å². The maximum Gasteiger partial charge on any atom is 0.332 e. The Morgan fingerprint density at radius 3 is 2.45 bits per heavy atom. The first kappa shape index (κ1) is 27.1. The first-order valence-corrected chi connectivity index (χ1v) is 12.3. The van der Waals surface area contributed by atoms with Crippen molar-refractivity contribution in [2.24, 2.45) is 0 Å². The molecule has 0 atom stereocenters. The number of hydrogen-bond donors (Lipinski definition) is 1. The number of halogens is 3. The van der Waals surface area contributed by atoms with Gasteiger partial charge in [0.15, 0.2) is 0 Å². The van der Waals surface area contributed by atoms with Crippen molar-refractivity contribution < 1.29 is 33.4 Å². The molecule has 11 heteroatoms. The molecule has 0 heterocycles. The molecule has 180 valence electrons. The van der Waals surface area contributed by atoms with Gasteiger partial charge in [0.1, 0.15) is 11.7 Å². The molecule has 0 radical (unpaired) electrons. The SMILES string of the molecule is CCCCOC(=O)CSc1cc(N(C(=O)CCl)C(=O)C2=C(C(=O)O)CCCC2)c(F)cc1Cl. The van der Waals surface area contributed by atoms with Crippen molar-refractivity contribution >= 4 is 64.4 Å². The summed E-state index contributed by atoms with van der Waals surface area (Å²) < 4.78 is 19.9. The summed E-state index contributed by atoms with van der Waals surface area (Å²) in [6.45, 7) is 2.24. The molecule has 0 bridgehead atoms. The van der Waals surface area contributed by atoms with Gasteiger partial charge in [0.05, 0.1) is 23.1 Å². The molecule has 0 saturated heterocycles. The van der Waals surface area contributed by atoms with Crippen LogP contribution in [0.5, 0.6) is 0 Å². The van der Waals surface area contributed by atoms with Crippen LogP contribution in [0, 0.1) is 5.82 Å². The molecule has 2 amide bonds. The number of alkyl halides is 1. The van der Waals surface area contributed by atoms with Crippen LogP contribution in [0.2, 0.25) is 5.02 Å². The lowest BCUT2D eigenvalue weighted by Gasteiger charge is -2.25. The minimum Gasteiger partial charge on any atom is -0.478 e. The van der Waals surface area contributed by atoms with Crippen molar-refractivity contribution in [1.82, 2.24) is 0 Å². The van der Waals surface area contributed by atoms with E-state index in [1.165, 1.54) is 6.07 Å². The molecule has 1 aromatic rings. The van der Waals surface area contributed by atoms with E-state index in [0.29, 0.717) is 17.7 Å². The fourth-order valence-electron chi connectivity index (χ4n) is 3.24. The maximum absolute atomic E-state index is 14.9. The Kier molecular flexibility index (Phi) is 10.7. The van der Waals surface area contributed by atoms with Crippen molar-refractivity contribution in [3.05, 3.63) is 34.1 Å². The quantitative estimate of drug-likeness (QED) is 0.201. The number of hydrogen-bond acceptors (Lipinski definition) is 6. The van der Waals surface area contributed by atoms with Crippen molar-refractivity contribution in [2.45, 2.75) is 50.3 Å². The normalized spacial score (nSPS) is 13.6. The van der Waals surface area contributed by atoms with E-state index < -0.39 is 41.1 Å². The highest BCUT2D eigenvalue weighted by atomic mass is 35.5. The monoisotopic (exact) mass is 519 g/mol. The van der Waals surface area contributed by atoms with E-state index in [9.17, 15) is 28.7 Å². The van der Waals surface area contributed by atoms with E-state index in [1.54, 1.807) is 0 Å². The summed E-state index contributed by atoms with van der Waals surface area (Å²) in [6, 6.07) is 2.10. The number of nitrogens with zero attached hydrogens (tertiary/aromatic N) is 1. The summed E-state index contributed by atoms with van der Waals surface area (Å²) in [5.74, 6) is -5.30. The van der Waals surface area contributed by atoms with Gasteiger partial charge in [-0.05, 0) is 44.2 Å². The average Bonchev–Trinajstić information content (AvgIpc) is 2.79. The van der Waals surface area contributed by atoms with Gasteiger partial charge in [0, 0.05) is 16.0 Å². The highest BCUT2D eigenvalue weighted by Gasteiger charge is 2.33. The number of thioether (sulfide) groups is 1. The predicted molar refractivity (Wildman–Crippen MR) is 124 cm³/mol. The van der Waals surface area contributed by atoms with Crippen LogP contribution in [0.4, 0.5) is 10.1 Å². The van der Waals surface area contributed by atoms with Gasteiger partial charge in [-0.15, -0.1) is 23.4 Å². The molecule has 1 aromatic carbocycles. The summed E-state index contributed by atoms with van der Waals surface area (Å²) in [7, 11) is 0. The van der Waals surface area contributed by atoms with Crippen LogP contribution in [0.1, 0.15) is 45.4 Å². The number of ether oxygens (including phenoxy) is 1. The highest BCUT2D eigenvalue weighted by molar-refractivity contribution is 8.00. The van der Waals surface area contributed by atoms with Crippen molar-refractivity contribution in [1.29, 1.82) is 0 Å². The molecule has 0 aliphatic heterocycles. The predicted octanol–water partition coefficient (Wildman–Crippen LogP) is 4.97. The molecule has 0 spiro atoms. The Hall–Kier alpha value is -2.10. The Morgan fingerprint density at radius 2 is 1.85 bits per heavy atom. The summed E-state index contributed by atoms with van der Waals surface area (Å²) >= 11 is 12.7. The van der Waals surface area contributed by atoms with Crippen LogP contribution in [0.25, 0.3) is 0 Å². The molecule has 0 aromatic heterocycles. The third-order valence-corrected chi connectivity index (χ3v) is 6.58. The summed E-state index contributed by atoms with van der Waals surface area (Å²) in [5, 5.41) is 9.44. The zero-order valence-electron chi connectivity index (χ0n) is 18.0. The molecule has 1 aliphatic rings. The number of carboxylic acids is 1. The van der Waals surface area contributed by atoms with Crippen molar-refractivity contribution in [3.63, 3.8) is 0 Å². The molecule has 7 nitrogen and oxygen atoms in total. The molecule has 0 fully saturated rings. The van der Waals surface area contributed by atoms with Crippen molar-refractivity contribution in [3.8, 4) is 0 Å². The van der Waals surface area contributed by atoms with E-state index in [-0.39, 0.29) is 46.3 Å². The van der Waals surface area contributed by atoms with E-state index >= 15 is 0 Å². The average molecular weight is 520 g/mol. The summed E-state index contributed by atoms with van der Waals surface area (Å²) in [4.78, 5) is 50.1. The first-order chi connectivity index (χ1) is 15.7. The largest absolute Gasteiger partial charge is 0.478 e. The minimum atomic E-state index is -1.26. The summed E-state index contributed by atoms with van der Waals surface area (Å²) in [6.07, 6.45) is 3.06. The molecule has 33 heavy (non-hydrogen) atoms. The smallest absolute Gasteiger partial charge is 0.332 e. The number of aliphatic carboxylic acids is 1. The topological polar surface area (TPSA) is 101 Å². The number of carbonyl (C=O) groups is 4. The van der Waals surface area contributed by atoms with Crippen LogP contribution < -0.4 is 4.90 Å². The maximum atomic E-state index is 14.9. The van der Waals surface area contributed by atoms with Gasteiger partial charge in [0.2, 0.25) is 5.91 Å². The Bertz CT molecular complexity index is 968. The number of amides is 2. The Morgan fingerprint density at radius 1 is 1.18 bits per heavy atom. The van der Waals surface area contributed by atoms with Gasteiger partial charge in [-0.1, -0.05) is 24.9 Å². The molecule has 0 saturated carbocycles. The van der Waals surface area contributed by atoms with Gasteiger partial charge in [-0.2, -0.15) is 0 Å². The number of carboxylic acid groups (broad SMARTS) is 1. The third-order valence-electron chi connectivity index (χ3n) is 4.90. The van der Waals surface area contributed by atoms with E-state index in [4.69, 9.17) is 27.9 Å². The lowest BCUT2D eigenvalue weighted by molar-refractivity contribution is -0.140. The Balaban J connectivity index is 2.39. The molecule has 2 rings (SSSR count). The fraction of sp³-hybridized carbons (Fsp3) is 0.455. The number of unbranched alkanes of at least 4 members (excludes halogenated alkanes) is 1. The van der Waals surface area contributed by atoms with Crippen LogP contribution >= 0.6 is 35.0 Å². The number of esters is 1. The van der Waals surface area contributed by atoms with E-state index in [0.717, 1.165) is 30.7 Å². The molecular formula is C22H24Cl2FNO6S. The van der Waals surface area contributed by atoms with Gasteiger partial charge in [0.25, 0.3) is 5.91 Å². The molecule has 1 aliphatic carbocycles. The second kappa shape index (κ2) is 13.0. The van der Waals surface area contributed by atoms with E-state index in [1.807, 2.05) is 6.92 Å². The second-order valence-corrected chi connectivity index (χ2v) is 8.93. The molecule has 1 N–H and O–H groups in total. The number of rotatable bonds is 10. The standard InChI is InChI=1S/C22H24Cl2FNO6S/c1-2-3-8-32-20(28)12-33-18-10-17(16(25)9-15(18)24)26(19(27)11-23)21(29)13-6-4-5-7-14(13)22(30)31/h9-10H,2-8,11-12H2,1H3,(H,30,31). The van der Waals surface area contributed by atoms with Gasteiger partial charge in [-0.3, -0.25) is 14.4 Å². The lowest BCUT2D eigenvalue weighted by atomic mass is 9.90. The van der Waals surface area contributed by atoms with Crippen LogP contribution in [0.3, 0.4) is 0 Å². The number of carbonyl (C=O) groups excluding carboxylic acids is 3. The summed E-state index contributed by atoms with van der Waals surface area (Å²) in [5.41, 5.74) is -0.576. The van der Waals surface area contributed by atoms with Gasteiger partial charge < -0.3 is 9.84 Å². The zero-order valence-corrected chi connectivity index (χ0v) is 20.3. The van der Waals surface area contributed by atoms with Gasteiger partial charge >= 0.3 is 11.9 Å². The Labute approximate surface area is 205 Å². The molecule has 0 unspecified atom stereocenters. The number of benzene rings is 1. The van der Waals surface area contributed by atoms with E-state index in [2.05, 4.69) is 0 Å². The fourth-order valence-corrected chi connectivity index (χ4v) is 4.42. The highest BCUT2D eigenvalue weighted by Crippen LogP contribution is 2.36. The minimum absolute atomic E-state index is 0.0172. The van der Waals surface area contributed by atoms with Crippen LogP contribution in [0.15, 0.2) is 28.2 Å². The lowest BCUT2D eigenvalue weighted by Crippen LogP contribution is -2.40. The van der Waals surface area contributed by atoms with Crippen molar-refractivity contribution in [2.75, 3.05) is 23.1 Å². The third kappa shape index (κ3) is 7.19.